The minimum atomic E-state index is -0.282. The molecule has 0 aliphatic heterocycles. The van der Waals surface area contributed by atoms with Gasteiger partial charge in [-0.3, -0.25) is 15.0 Å². The van der Waals surface area contributed by atoms with Crippen LogP contribution in [0.1, 0.15) is 49.8 Å². The largest absolute Gasteiger partial charge is 0.489 e. The number of nitrogens with zero attached hydrogens (tertiary/aromatic N) is 1. The third kappa shape index (κ3) is 5.61. The summed E-state index contributed by atoms with van der Waals surface area (Å²) >= 11 is 1.78. The second kappa shape index (κ2) is 10.4. The van der Waals surface area contributed by atoms with E-state index in [-0.39, 0.29) is 11.3 Å². The summed E-state index contributed by atoms with van der Waals surface area (Å²) in [5, 5.41) is 10.1. The van der Waals surface area contributed by atoms with Crippen molar-refractivity contribution >= 4 is 28.6 Å². The Morgan fingerprint density at radius 1 is 1.12 bits per heavy atom. The first kappa shape index (κ1) is 22.6. The number of aromatic nitrogens is 1. The summed E-state index contributed by atoms with van der Waals surface area (Å²) in [5.74, 6) is 1.43. The van der Waals surface area contributed by atoms with Gasteiger partial charge in [-0.25, -0.2) is 5.48 Å². The molecule has 2 aromatic carbocycles. The smallest absolute Gasteiger partial charge is 0.243 e. The van der Waals surface area contributed by atoms with Gasteiger partial charge in [0.05, 0.1) is 5.52 Å². The summed E-state index contributed by atoms with van der Waals surface area (Å²) in [4.78, 5) is 17.6. The lowest BCUT2D eigenvalue weighted by Crippen LogP contribution is -2.34. The molecule has 0 spiro atoms. The Morgan fingerprint density at radius 2 is 1.88 bits per heavy atom. The van der Waals surface area contributed by atoms with E-state index in [9.17, 15) is 4.79 Å². The van der Waals surface area contributed by atoms with E-state index in [1.807, 2.05) is 42.7 Å². The van der Waals surface area contributed by atoms with Crippen LogP contribution in [0.4, 0.5) is 0 Å². The second-order valence-corrected chi connectivity index (χ2v) is 9.81. The van der Waals surface area contributed by atoms with Gasteiger partial charge in [-0.1, -0.05) is 37.5 Å². The van der Waals surface area contributed by atoms with Crippen molar-refractivity contribution < 1.29 is 14.7 Å². The maximum atomic E-state index is 11.8. The number of aryl methyl sites for hydroxylation is 1. The topological polar surface area (TPSA) is 71.5 Å². The Balaban J connectivity index is 1.38. The number of carbonyl (C=O) groups excluding carboxylic acids is 1. The predicted molar refractivity (Wildman–Crippen MR) is 128 cm³/mol. The molecule has 2 N–H and O–H groups in total. The molecule has 0 saturated heterocycles. The van der Waals surface area contributed by atoms with Crippen molar-refractivity contribution in [2.45, 2.75) is 57.0 Å². The first-order chi connectivity index (χ1) is 15.6. The maximum absolute atomic E-state index is 11.8. The standard InChI is InChI=1S/C26H30N2O3S/c1-19-15-20(23-7-3-4-8-24(23)27-19)17-31-21-9-11-22(12-10-21)32-18-26(16-25(29)28-30)13-5-2-6-14-26/h3-4,7-12,15,30H,2,5-6,13-14,16-18H2,1H3,(H,28,29). The number of benzene rings is 2. The van der Waals surface area contributed by atoms with E-state index in [2.05, 4.69) is 29.2 Å². The Labute approximate surface area is 193 Å². The summed E-state index contributed by atoms with van der Waals surface area (Å²) in [6, 6.07) is 18.4. The number of amides is 1. The van der Waals surface area contributed by atoms with Gasteiger partial charge in [-0.2, -0.15) is 0 Å². The van der Waals surface area contributed by atoms with E-state index in [1.165, 1.54) is 6.42 Å². The lowest BCUT2D eigenvalue weighted by molar-refractivity contribution is -0.131. The first-order valence-corrected chi connectivity index (χ1v) is 12.2. The van der Waals surface area contributed by atoms with Gasteiger partial charge in [-0.15, -0.1) is 11.8 Å². The van der Waals surface area contributed by atoms with Gasteiger partial charge in [-0.05, 0) is 61.6 Å². The fraction of sp³-hybridized carbons (Fsp3) is 0.385. The van der Waals surface area contributed by atoms with Gasteiger partial charge in [0.15, 0.2) is 0 Å². The molecule has 1 aliphatic rings. The van der Waals surface area contributed by atoms with Gasteiger partial charge in [0, 0.05) is 33.7 Å². The third-order valence-corrected chi connectivity index (χ3v) is 7.63. The molecular weight excluding hydrogens is 420 g/mol. The van der Waals surface area contributed by atoms with E-state index in [0.29, 0.717) is 13.0 Å². The molecule has 1 heterocycles. The lowest BCUT2D eigenvalue weighted by Gasteiger charge is -2.36. The van der Waals surface area contributed by atoms with E-state index < -0.39 is 0 Å². The zero-order chi connectivity index (χ0) is 22.4. The number of hydrogen-bond donors (Lipinski definition) is 2. The number of pyridine rings is 1. The summed E-state index contributed by atoms with van der Waals surface area (Å²) < 4.78 is 6.07. The number of para-hydroxylation sites is 1. The van der Waals surface area contributed by atoms with Crippen LogP contribution in [0.3, 0.4) is 0 Å². The van der Waals surface area contributed by atoms with Crippen LogP contribution in [-0.2, 0) is 11.4 Å². The van der Waals surface area contributed by atoms with Crippen LogP contribution in [0.15, 0.2) is 59.5 Å². The molecule has 1 amide bonds. The van der Waals surface area contributed by atoms with Crippen molar-refractivity contribution in [3.8, 4) is 5.75 Å². The van der Waals surface area contributed by atoms with Crippen LogP contribution in [0.2, 0.25) is 0 Å². The summed E-state index contributed by atoms with van der Waals surface area (Å²) in [6.45, 7) is 2.50. The molecule has 1 aliphatic carbocycles. The zero-order valence-electron chi connectivity index (χ0n) is 18.5. The lowest BCUT2D eigenvalue weighted by atomic mass is 9.73. The Bertz CT molecular complexity index is 1060. The number of hydrogen-bond acceptors (Lipinski definition) is 5. The number of hydroxylamine groups is 1. The van der Waals surface area contributed by atoms with Crippen LogP contribution >= 0.6 is 11.8 Å². The van der Waals surface area contributed by atoms with E-state index in [0.717, 1.165) is 64.2 Å². The molecule has 168 valence electrons. The highest BCUT2D eigenvalue weighted by atomic mass is 32.2. The number of fused-ring (bicyclic) bond motifs is 1. The van der Waals surface area contributed by atoms with Crippen molar-refractivity contribution in [3.05, 3.63) is 65.9 Å². The molecular formula is C26H30N2O3S. The van der Waals surface area contributed by atoms with Gasteiger partial charge in [0.25, 0.3) is 0 Å². The maximum Gasteiger partial charge on any atom is 0.243 e. The molecule has 6 heteroatoms. The fourth-order valence-electron chi connectivity index (χ4n) is 4.60. The van der Waals surface area contributed by atoms with Crippen LogP contribution in [-0.4, -0.2) is 21.9 Å². The van der Waals surface area contributed by atoms with Crippen LogP contribution in [0.25, 0.3) is 10.9 Å². The number of nitrogens with one attached hydrogen (secondary N) is 1. The van der Waals surface area contributed by atoms with E-state index >= 15 is 0 Å². The monoisotopic (exact) mass is 450 g/mol. The fourth-order valence-corrected chi connectivity index (χ4v) is 5.79. The highest BCUT2D eigenvalue weighted by Gasteiger charge is 2.34. The molecule has 5 nitrogen and oxygen atoms in total. The van der Waals surface area contributed by atoms with Crippen molar-refractivity contribution in [2.24, 2.45) is 5.41 Å². The average molecular weight is 451 g/mol. The van der Waals surface area contributed by atoms with Crippen molar-refractivity contribution in [1.29, 1.82) is 0 Å². The van der Waals surface area contributed by atoms with Gasteiger partial charge < -0.3 is 4.74 Å². The number of rotatable bonds is 8. The third-order valence-electron chi connectivity index (χ3n) is 6.27. The zero-order valence-corrected chi connectivity index (χ0v) is 19.3. The summed E-state index contributed by atoms with van der Waals surface area (Å²) in [5.41, 5.74) is 4.89. The second-order valence-electron chi connectivity index (χ2n) is 8.76. The molecule has 1 aromatic heterocycles. The number of carbonyl (C=O) groups is 1. The van der Waals surface area contributed by atoms with Gasteiger partial charge >= 0.3 is 0 Å². The predicted octanol–water partition coefficient (Wildman–Crippen LogP) is 6.06. The highest BCUT2D eigenvalue weighted by Crippen LogP contribution is 2.43. The molecule has 1 saturated carbocycles. The Morgan fingerprint density at radius 3 is 2.62 bits per heavy atom. The molecule has 3 aromatic rings. The van der Waals surface area contributed by atoms with Crippen LogP contribution in [0.5, 0.6) is 5.75 Å². The molecule has 0 bridgehead atoms. The Kier molecular flexibility index (Phi) is 7.33. The molecule has 0 atom stereocenters. The molecule has 32 heavy (non-hydrogen) atoms. The normalized spacial score (nSPS) is 15.4. The van der Waals surface area contributed by atoms with Gasteiger partial charge in [0.2, 0.25) is 5.91 Å². The SMILES string of the molecule is Cc1cc(COc2ccc(SCC3(CC(=O)NO)CCCCC3)cc2)c2ccccc2n1. The number of ether oxygens (including phenoxy) is 1. The molecule has 0 radical (unpaired) electrons. The molecule has 0 unspecified atom stereocenters. The van der Waals surface area contributed by atoms with Crippen molar-refractivity contribution in [1.82, 2.24) is 10.5 Å². The highest BCUT2D eigenvalue weighted by molar-refractivity contribution is 7.99. The van der Waals surface area contributed by atoms with Crippen molar-refractivity contribution in [3.63, 3.8) is 0 Å². The van der Waals surface area contributed by atoms with Crippen molar-refractivity contribution in [2.75, 3.05) is 5.75 Å². The first-order valence-electron chi connectivity index (χ1n) is 11.2. The molecule has 4 rings (SSSR count). The molecule has 1 fully saturated rings. The van der Waals surface area contributed by atoms with E-state index in [1.54, 1.807) is 11.8 Å². The summed E-state index contributed by atoms with van der Waals surface area (Å²) in [7, 11) is 0. The Hall–Kier alpha value is -2.57. The minimum Gasteiger partial charge on any atom is -0.489 e. The summed E-state index contributed by atoms with van der Waals surface area (Å²) in [6.07, 6.45) is 5.98. The van der Waals surface area contributed by atoms with Crippen LogP contribution in [0, 0.1) is 12.3 Å². The quantitative estimate of drug-likeness (QED) is 0.248. The average Bonchev–Trinajstić information content (AvgIpc) is 2.82. The van der Waals surface area contributed by atoms with Gasteiger partial charge in [0.1, 0.15) is 12.4 Å². The minimum absolute atomic E-state index is 0.0365. The number of thioether (sulfide) groups is 1. The van der Waals surface area contributed by atoms with E-state index in [4.69, 9.17) is 9.94 Å². The van der Waals surface area contributed by atoms with Crippen LogP contribution < -0.4 is 10.2 Å².